The molecule has 0 spiro atoms. The molecule has 27 heavy (non-hydrogen) atoms. The van der Waals surface area contributed by atoms with Crippen LogP contribution in [0.5, 0.6) is 0 Å². The molecule has 0 aromatic heterocycles. The molecule has 0 nitrogen and oxygen atoms in total. The Balaban J connectivity index is -0.000000882. The molecule has 3 heteroatoms. The van der Waals surface area contributed by atoms with E-state index in [1.165, 1.54) is 128 Å². The van der Waals surface area contributed by atoms with Crippen LogP contribution >= 0.6 is 0 Å². The van der Waals surface area contributed by atoms with Crippen LogP contribution in [0.25, 0.3) is 0 Å². The molecule has 0 rings (SSSR count). The molecular formula is C24H50Br2Mg. The minimum Gasteiger partial charge on any atom is -1.00 e. The van der Waals surface area contributed by atoms with E-state index in [0.29, 0.717) is 0 Å². The van der Waals surface area contributed by atoms with E-state index < -0.39 is 0 Å². The second-order valence-electron chi connectivity index (χ2n) is 8.34. The molecule has 0 aromatic rings. The number of hydrogen-bond donors (Lipinski definition) is 0. The van der Waals surface area contributed by atoms with Crippen LogP contribution in [0.2, 0.25) is 0 Å². The average Bonchev–Trinajstić information content (AvgIpc) is 2.59. The van der Waals surface area contributed by atoms with Crippen molar-refractivity contribution in [1.29, 1.82) is 0 Å². The number of halogens is 2. The van der Waals surface area contributed by atoms with Crippen LogP contribution in [-0.4, -0.2) is 23.1 Å². The zero-order chi connectivity index (χ0) is 17.7. The first-order valence-corrected chi connectivity index (χ1v) is 11.8. The van der Waals surface area contributed by atoms with Crippen molar-refractivity contribution in [3.05, 3.63) is 0 Å². The van der Waals surface area contributed by atoms with Gasteiger partial charge in [0.05, 0.1) is 0 Å². The van der Waals surface area contributed by atoms with E-state index in [2.05, 4.69) is 20.8 Å². The molecule has 162 valence electrons. The van der Waals surface area contributed by atoms with E-state index >= 15 is 0 Å². The van der Waals surface area contributed by atoms with Crippen LogP contribution in [0.4, 0.5) is 0 Å². The van der Waals surface area contributed by atoms with Gasteiger partial charge >= 0.3 is 23.1 Å². The summed E-state index contributed by atoms with van der Waals surface area (Å²) in [7, 11) is 0. The molecule has 0 aliphatic heterocycles. The van der Waals surface area contributed by atoms with Crippen LogP contribution in [0.15, 0.2) is 0 Å². The predicted octanol–water partition coefficient (Wildman–Crippen LogP) is 3.09. The molecule has 0 N–H and O–H groups in total. The molecule has 0 bridgehead atoms. The quantitative estimate of drug-likeness (QED) is 0.170. The van der Waals surface area contributed by atoms with E-state index in [-0.39, 0.29) is 57.0 Å². The van der Waals surface area contributed by atoms with Gasteiger partial charge in [-0.2, -0.15) is 0 Å². The van der Waals surface area contributed by atoms with Crippen molar-refractivity contribution >= 4 is 23.1 Å². The van der Waals surface area contributed by atoms with Gasteiger partial charge in [-0.1, -0.05) is 149 Å². The molecule has 0 fully saturated rings. The fraction of sp³-hybridized carbons (Fsp3) is 1.00. The largest absolute Gasteiger partial charge is 2.00 e. The molecule has 0 amide bonds. The van der Waals surface area contributed by atoms with Crippen molar-refractivity contribution in [2.45, 2.75) is 149 Å². The standard InChI is InChI=1S/C24H50.2BrH.Mg/c1-4-6-8-10-12-14-15-17-19-21-23-24(3)22-20-18-16-13-11-9-7-5-2;;;/h24H,4-23H2,1-3H3;2*1H;/q;;;+2/p-2. The first-order chi connectivity index (χ1) is 11.8. The predicted molar refractivity (Wildman–Crippen MR) is 119 cm³/mol. The maximum absolute atomic E-state index is 2.48. The van der Waals surface area contributed by atoms with Crippen LogP contribution < -0.4 is 34.0 Å². The van der Waals surface area contributed by atoms with Gasteiger partial charge in [-0.3, -0.25) is 0 Å². The molecule has 0 aliphatic carbocycles. The van der Waals surface area contributed by atoms with Gasteiger partial charge in [0.25, 0.3) is 0 Å². The Bertz CT molecular complexity index is 224. The monoisotopic (exact) mass is 520 g/mol. The van der Waals surface area contributed by atoms with Gasteiger partial charge < -0.3 is 34.0 Å². The number of hydrogen-bond acceptors (Lipinski definition) is 0. The summed E-state index contributed by atoms with van der Waals surface area (Å²) >= 11 is 0. The molecule has 0 radical (unpaired) electrons. The minimum atomic E-state index is 0. The van der Waals surface area contributed by atoms with Gasteiger partial charge in [0.2, 0.25) is 0 Å². The first kappa shape index (κ1) is 36.1. The fourth-order valence-electron chi connectivity index (χ4n) is 3.75. The van der Waals surface area contributed by atoms with Crippen molar-refractivity contribution in [2.24, 2.45) is 5.92 Å². The summed E-state index contributed by atoms with van der Waals surface area (Å²) in [6.07, 6.45) is 29.3. The summed E-state index contributed by atoms with van der Waals surface area (Å²) in [6, 6.07) is 0. The second-order valence-corrected chi connectivity index (χ2v) is 8.34. The molecular weight excluding hydrogens is 472 g/mol. The van der Waals surface area contributed by atoms with E-state index in [1.807, 2.05) is 0 Å². The zero-order valence-electron chi connectivity index (χ0n) is 19.2. The minimum absolute atomic E-state index is 0. The van der Waals surface area contributed by atoms with Crippen molar-refractivity contribution in [3.63, 3.8) is 0 Å². The average molecular weight is 523 g/mol. The molecule has 1 unspecified atom stereocenters. The smallest absolute Gasteiger partial charge is 1.00 e. The van der Waals surface area contributed by atoms with Crippen molar-refractivity contribution in [1.82, 2.24) is 0 Å². The van der Waals surface area contributed by atoms with E-state index in [4.69, 9.17) is 0 Å². The molecule has 1 atom stereocenters. The van der Waals surface area contributed by atoms with Crippen LogP contribution in [0, 0.1) is 5.92 Å². The topological polar surface area (TPSA) is 0 Å². The third-order valence-electron chi connectivity index (χ3n) is 5.60. The Morgan fingerprint density at radius 3 is 0.889 bits per heavy atom. The van der Waals surface area contributed by atoms with Crippen LogP contribution in [0.3, 0.4) is 0 Å². The molecule has 0 saturated carbocycles. The summed E-state index contributed by atoms with van der Waals surface area (Å²) < 4.78 is 0. The first-order valence-electron chi connectivity index (χ1n) is 11.8. The third-order valence-corrected chi connectivity index (χ3v) is 5.60. The summed E-state index contributed by atoms with van der Waals surface area (Å²) in [5, 5.41) is 0. The summed E-state index contributed by atoms with van der Waals surface area (Å²) in [4.78, 5) is 0. The maximum atomic E-state index is 2.48. The van der Waals surface area contributed by atoms with E-state index in [9.17, 15) is 0 Å². The molecule has 0 aliphatic rings. The SMILES string of the molecule is CCCCCCCCCCCCC(C)CCCCCCCCCC.[Br-].[Br-].[Mg+2]. The fourth-order valence-corrected chi connectivity index (χ4v) is 3.75. The Morgan fingerprint density at radius 2 is 0.630 bits per heavy atom. The van der Waals surface area contributed by atoms with E-state index in [0.717, 1.165) is 5.92 Å². The molecule has 0 aromatic carbocycles. The third kappa shape index (κ3) is 32.6. The maximum Gasteiger partial charge on any atom is 2.00 e. The van der Waals surface area contributed by atoms with Gasteiger partial charge in [-0.05, 0) is 5.92 Å². The number of rotatable bonds is 20. The van der Waals surface area contributed by atoms with Gasteiger partial charge in [0, 0.05) is 0 Å². The zero-order valence-corrected chi connectivity index (χ0v) is 23.8. The Hall–Kier alpha value is 1.73. The van der Waals surface area contributed by atoms with Crippen molar-refractivity contribution in [2.75, 3.05) is 0 Å². The van der Waals surface area contributed by atoms with Crippen molar-refractivity contribution < 1.29 is 34.0 Å². The Labute approximate surface area is 210 Å². The normalized spacial score (nSPS) is 11.2. The number of unbranched alkanes of at least 4 members (excludes halogenated alkanes) is 16. The second kappa shape index (κ2) is 32.4. The molecule has 0 saturated heterocycles. The van der Waals surface area contributed by atoms with Gasteiger partial charge in [-0.25, -0.2) is 0 Å². The summed E-state index contributed by atoms with van der Waals surface area (Å²) in [6.45, 7) is 7.08. The van der Waals surface area contributed by atoms with Crippen LogP contribution in [-0.2, 0) is 0 Å². The summed E-state index contributed by atoms with van der Waals surface area (Å²) in [5.41, 5.74) is 0. The Morgan fingerprint density at radius 1 is 0.407 bits per heavy atom. The van der Waals surface area contributed by atoms with Gasteiger partial charge in [0.1, 0.15) is 0 Å². The van der Waals surface area contributed by atoms with Crippen molar-refractivity contribution in [3.8, 4) is 0 Å². The van der Waals surface area contributed by atoms with Crippen LogP contribution in [0.1, 0.15) is 149 Å². The summed E-state index contributed by atoms with van der Waals surface area (Å²) in [5.74, 6) is 0.971. The Kier molecular flexibility index (Phi) is 43.3. The van der Waals surface area contributed by atoms with Gasteiger partial charge in [0.15, 0.2) is 0 Å². The van der Waals surface area contributed by atoms with E-state index in [1.54, 1.807) is 0 Å². The molecule has 0 heterocycles. The van der Waals surface area contributed by atoms with Gasteiger partial charge in [-0.15, -0.1) is 0 Å².